The molecule has 0 aromatic carbocycles. The van der Waals surface area contributed by atoms with Crippen molar-refractivity contribution < 1.29 is 32.6 Å². The van der Waals surface area contributed by atoms with Crippen LogP contribution in [0.25, 0.3) is 0 Å². The molecule has 0 saturated carbocycles. The van der Waals surface area contributed by atoms with Crippen molar-refractivity contribution in [1.82, 2.24) is 0 Å². The van der Waals surface area contributed by atoms with E-state index in [4.69, 9.17) is 14.7 Å². The van der Waals surface area contributed by atoms with Crippen molar-refractivity contribution in [2.75, 3.05) is 6.61 Å². The second kappa shape index (κ2) is 6.67. The summed E-state index contributed by atoms with van der Waals surface area (Å²) in [7, 11) is -9.73. The van der Waals surface area contributed by atoms with E-state index < -0.39 is 15.6 Å². The van der Waals surface area contributed by atoms with E-state index in [9.17, 15) is 9.13 Å². The van der Waals surface area contributed by atoms with E-state index in [-0.39, 0.29) is 6.61 Å². The van der Waals surface area contributed by atoms with Gasteiger partial charge in [-0.25, -0.2) is 9.13 Å². The molecule has 0 spiro atoms. The first kappa shape index (κ1) is 16.0. The van der Waals surface area contributed by atoms with Crippen LogP contribution in [0.3, 0.4) is 0 Å². The van der Waals surface area contributed by atoms with E-state index in [2.05, 4.69) is 8.83 Å². The quantitative estimate of drug-likeness (QED) is 0.480. The highest BCUT2D eigenvalue weighted by molar-refractivity contribution is 7.60. The number of phosphoric acid groups is 2. The summed E-state index contributed by atoms with van der Waals surface area (Å²) in [6.07, 6.45) is 3.52. The number of unbranched alkanes of at least 4 members (excludes halogenated alkanes) is 1. The predicted molar refractivity (Wildman–Crippen MR) is 57.6 cm³/mol. The Hall–Kier alpha value is -0.0000000000000000416. The molecule has 0 saturated heterocycles. The van der Waals surface area contributed by atoms with Gasteiger partial charge in [0.1, 0.15) is 0 Å². The van der Waals surface area contributed by atoms with Gasteiger partial charge in [0.15, 0.2) is 0 Å². The summed E-state index contributed by atoms with van der Waals surface area (Å²) in [5.41, 5.74) is 0.686. The molecule has 0 radical (unpaired) electrons. The zero-order valence-electron chi connectivity index (χ0n) is 9.07. The van der Waals surface area contributed by atoms with Crippen molar-refractivity contribution >= 4 is 15.6 Å². The molecule has 1 unspecified atom stereocenters. The molecule has 0 heterocycles. The fourth-order valence-electron chi connectivity index (χ4n) is 0.791. The van der Waals surface area contributed by atoms with E-state index in [1.54, 1.807) is 13.0 Å². The van der Waals surface area contributed by atoms with Gasteiger partial charge < -0.3 is 14.7 Å². The van der Waals surface area contributed by atoms with E-state index >= 15 is 0 Å². The summed E-state index contributed by atoms with van der Waals surface area (Å²) in [6, 6.07) is 0. The van der Waals surface area contributed by atoms with Gasteiger partial charge in [-0.05, 0) is 13.3 Å². The lowest BCUT2D eigenvalue weighted by Crippen LogP contribution is -1.97. The van der Waals surface area contributed by atoms with Crippen molar-refractivity contribution in [3.63, 3.8) is 0 Å². The Bertz CT molecular complexity index is 332. The molecule has 0 bridgehead atoms. The zero-order chi connectivity index (χ0) is 12.8. The smallest absolute Gasteiger partial charge is 0.302 e. The van der Waals surface area contributed by atoms with Gasteiger partial charge in [0.05, 0.1) is 6.61 Å². The SMILES string of the molecule is CCCC=C(C)COP(=O)(O)OP(=O)(O)O. The zero-order valence-corrected chi connectivity index (χ0v) is 10.9. The van der Waals surface area contributed by atoms with E-state index in [0.29, 0.717) is 5.57 Å². The molecule has 0 aromatic rings. The third-order valence-corrected chi connectivity index (χ3v) is 3.58. The fourth-order valence-corrected chi connectivity index (χ4v) is 2.42. The van der Waals surface area contributed by atoms with Crippen molar-refractivity contribution in [3.05, 3.63) is 11.6 Å². The normalized spacial score (nSPS) is 17.2. The Morgan fingerprint density at radius 3 is 2.31 bits per heavy atom. The first-order chi connectivity index (χ1) is 7.16. The molecule has 0 amide bonds. The summed E-state index contributed by atoms with van der Waals surface area (Å²) in [5, 5.41) is 0. The molecular weight excluding hydrogens is 258 g/mol. The second-order valence-corrected chi connectivity index (χ2v) is 5.98. The van der Waals surface area contributed by atoms with Crippen molar-refractivity contribution in [1.29, 1.82) is 0 Å². The van der Waals surface area contributed by atoms with Crippen LogP contribution in [0, 0.1) is 0 Å². The molecule has 0 aliphatic carbocycles. The van der Waals surface area contributed by atoms with Gasteiger partial charge in [-0.2, -0.15) is 4.31 Å². The number of allylic oxidation sites excluding steroid dienone is 1. The standard InChI is InChI=1S/C7H16O7P2/c1-3-4-5-7(2)6-13-16(11,12)14-15(8,9)10/h5H,3-4,6H2,1-2H3,(H,11,12)(H2,8,9,10). The average Bonchev–Trinajstić information content (AvgIpc) is 2.07. The lowest BCUT2D eigenvalue weighted by atomic mass is 10.2. The third-order valence-electron chi connectivity index (χ3n) is 1.45. The van der Waals surface area contributed by atoms with Gasteiger partial charge in [0, 0.05) is 0 Å². The molecule has 9 heteroatoms. The molecule has 96 valence electrons. The first-order valence-electron chi connectivity index (χ1n) is 4.56. The van der Waals surface area contributed by atoms with Crippen LogP contribution >= 0.6 is 15.6 Å². The van der Waals surface area contributed by atoms with Crippen LogP contribution in [0.2, 0.25) is 0 Å². The molecule has 3 N–H and O–H groups in total. The molecule has 1 atom stereocenters. The summed E-state index contributed by atoms with van der Waals surface area (Å²) in [5.74, 6) is 0. The van der Waals surface area contributed by atoms with Crippen molar-refractivity contribution in [3.8, 4) is 0 Å². The summed E-state index contributed by atoms with van der Waals surface area (Å²) in [4.78, 5) is 25.6. The molecule has 16 heavy (non-hydrogen) atoms. The maximum absolute atomic E-state index is 11.0. The Kier molecular flexibility index (Phi) is 6.67. The van der Waals surface area contributed by atoms with Crippen LogP contribution in [0.15, 0.2) is 11.6 Å². The van der Waals surface area contributed by atoms with Crippen LogP contribution in [-0.2, 0) is 18.0 Å². The van der Waals surface area contributed by atoms with Gasteiger partial charge in [-0.1, -0.05) is 25.0 Å². The van der Waals surface area contributed by atoms with Crippen LogP contribution in [0.4, 0.5) is 0 Å². The third kappa shape index (κ3) is 9.24. The first-order valence-corrected chi connectivity index (χ1v) is 7.58. The van der Waals surface area contributed by atoms with Crippen LogP contribution < -0.4 is 0 Å². The van der Waals surface area contributed by atoms with Crippen molar-refractivity contribution in [2.24, 2.45) is 0 Å². The Labute approximate surface area is 93.9 Å². The number of hydrogen-bond donors (Lipinski definition) is 3. The average molecular weight is 274 g/mol. The Balaban J connectivity index is 4.19. The topological polar surface area (TPSA) is 113 Å². The Morgan fingerprint density at radius 2 is 1.88 bits per heavy atom. The highest BCUT2D eigenvalue weighted by atomic mass is 31.3. The predicted octanol–water partition coefficient (Wildman–Crippen LogP) is 1.96. The van der Waals surface area contributed by atoms with Crippen LogP contribution in [0.1, 0.15) is 26.7 Å². The molecule has 0 aliphatic heterocycles. The van der Waals surface area contributed by atoms with E-state index in [1.165, 1.54) is 0 Å². The number of hydrogen-bond acceptors (Lipinski definition) is 4. The number of rotatable bonds is 7. The summed E-state index contributed by atoms with van der Waals surface area (Å²) < 4.78 is 29.3. The minimum atomic E-state index is -5.03. The molecule has 0 fully saturated rings. The lowest BCUT2D eigenvalue weighted by Gasteiger charge is -2.12. The van der Waals surface area contributed by atoms with E-state index in [1.807, 2.05) is 6.92 Å². The van der Waals surface area contributed by atoms with Gasteiger partial charge in [-0.15, -0.1) is 0 Å². The van der Waals surface area contributed by atoms with Gasteiger partial charge in [0.2, 0.25) is 0 Å². The highest BCUT2D eigenvalue weighted by Gasteiger charge is 2.32. The second-order valence-electron chi connectivity index (χ2n) is 3.15. The molecular formula is C7H16O7P2. The summed E-state index contributed by atoms with van der Waals surface area (Å²) >= 11 is 0. The van der Waals surface area contributed by atoms with Gasteiger partial charge >= 0.3 is 15.6 Å². The number of phosphoric ester groups is 1. The fraction of sp³-hybridized carbons (Fsp3) is 0.714. The minimum Gasteiger partial charge on any atom is -0.302 e. The largest absolute Gasteiger partial charge is 0.481 e. The van der Waals surface area contributed by atoms with Gasteiger partial charge in [-0.3, -0.25) is 4.52 Å². The highest BCUT2D eigenvalue weighted by Crippen LogP contribution is 2.57. The van der Waals surface area contributed by atoms with Crippen molar-refractivity contribution in [2.45, 2.75) is 26.7 Å². The lowest BCUT2D eigenvalue weighted by molar-refractivity contribution is 0.188. The van der Waals surface area contributed by atoms with Crippen LogP contribution in [-0.4, -0.2) is 21.3 Å². The maximum atomic E-state index is 11.0. The molecule has 7 nitrogen and oxygen atoms in total. The van der Waals surface area contributed by atoms with Crippen LogP contribution in [0.5, 0.6) is 0 Å². The maximum Gasteiger partial charge on any atom is 0.481 e. The summed E-state index contributed by atoms with van der Waals surface area (Å²) in [6.45, 7) is 3.43. The Morgan fingerprint density at radius 1 is 1.31 bits per heavy atom. The molecule has 0 aliphatic rings. The minimum absolute atomic E-state index is 0.215. The van der Waals surface area contributed by atoms with E-state index in [0.717, 1.165) is 12.8 Å². The molecule has 0 aromatic heterocycles. The van der Waals surface area contributed by atoms with Gasteiger partial charge in [0.25, 0.3) is 0 Å². The monoisotopic (exact) mass is 274 g/mol. The molecule has 0 rings (SSSR count).